The highest BCUT2D eigenvalue weighted by Gasteiger charge is 2.51. The Morgan fingerprint density at radius 3 is 2.28 bits per heavy atom. The zero-order valence-corrected chi connectivity index (χ0v) is 15.0. The van der Waals surface area contributed by atoms with Crippen molar-refractivity contribution in [3.8, 4) is 22.3 Å². The van der Waals surface area contributed by atoms with E-state index in [-0.39, 0.29) is 18.3 Å². The summed E-state index contributed by atoms with van der Waals surface area (Å²) in [7, 11) is -0.337. The first kappa shape index (κ1) is 15.1. The minimum atomic E-state index is -0.337. The second kappa shape index (κ2) is 4.72. The monoisotopic (exact) mass is 329 g/mol. The van der Waals surface area contributed by atoms with Crippen molar-refractivity contribution in [3.05, 3.63) is 48.7 Å². The summed E-state index contributed by atoms with van der Waals surface area (Å²) < 4.78 is 12.5. The predicted molar refractivity (Wildman–Crippen MR) is 102 cm³/mol. The minimum absolute atomic E-state index is 0.330. The molecule has 1 fully saturated rings. The largest absolute Gasteiger partial charge is 0.494 e. The van der Waals surface area contributed by atoms with Crippen LogP contribution in [-0.4, -0.2) is 23.3 Å². The lowest BCUT2D eigenvalue weighted by atomic mass is 9.77. The Labute approximate surface area is 148 Å². The molecule has 0 saturated carbocycles. The summed E-state index contributed by atoms with van der Waals surface area (Å²) in [6.45, 7) is 8.34. The molecule has 0 spiro atoms. The van der Waals surface area contributed by atoms with Crippen molar-refractivity contribution >= 4 is 23.5 Å². The van der Waals surface area contributed by atoms with Gasteiger partial charge >= 0.3 is 7.12 Å². The van der Waals surface area contributed by atoms with Crippen LogP contribution in [0.5, 0.6) is 0 Å². The topological polar surface area (TPSA) is 31.4 Å². The van der Waals surface area contributed by atoms with E-state index >= 15 is 0 Å². The molecule has 4 heteroatoms. The van der Waals surface area contributed by atoms with Crippen LogP contribution in [0.15, 0.2) is 48.7 Å². The lowest BCUT2D eigenvalue weighted by Crippen LogP contribution is -2.41. The van der Waals surface area contributed by atoms with Gasteiger partial charge in [-0.1, -0.05) is 30.3 Å². The summed E-state index contributed by atoms with van der Waals surface area (Å²) in [4.78, 5) is 4.51. The molecule has 0 amide bonds. The molecule has 3 aromatic rings. The number of hydrogen-bond donors (Lipinski definition) is 0. The molecule has 25 heavy (non-hydrogen) atoms. The average Bonchev–Trinajstić information content (AvgIpc) is 3.01. The van der Waals surface area contributed by atoms with E-state index in [0.717, 1.165) is 11.0 Å². The van der Waals surface area contributed by atoms with E-state index in [4.69, 9.17) is 9.31 Å². The van der Waals surface area contributed by atoms with Crippen molar-refractivity contribution in [1.82, 2.24) is 4.98 Å². The van der Waals surface area contributed by atoms with Gasteiger partial charge in [0.25, 0.3) is 0 Å². The summed E-state index contributed by atoms with van der Waals surface area (Å²) in [5, 5.41) is 1.24. The molecule has 0 radical (unpaired) electrons. The normalized spacial score (nSPS) is 19.4. The molecule has 0 bridgehead atoms. The zero-order valence-electron chi connectivity index (χ0n) is 15.0. The van der Waals surface area contributed by atoms with E-state index in [9.17, 15) is 0 Å². The maximum Gasteiger partial charge on any atom is 0.494 e. The Bertz CT molecular complexity index is 1000. The van der Waals surface area contributed by atoms with E-state index in [1.165, 1.54) is 27.6 Å². The van der Waals surface area contributed by atoms with Crippen molar-refractivity contribution in [2.75, 3.05) is 0 Å². The standard InChI is InChI=1S/C21H20BNO2/c1-20(2)21(3,4)25-22(24-20)13-8-9-14-15-6-5-7-18-19(15)16(10-11-23-18)17(14)12-13/h5-12H,1-4H3. The number of benzene rings is 2. The quantitative estimate of drug-likeness (QED) is 0.491. The van der Waals surface area contributed by atoms with Gasteiger partial charge in [0.1, 0.15) is 0 Å². The van der Waals surface area contributed by atoms with Crippen molar-refractivity contribution in [2.24, 2.45) is 0 Å². The molecule has 1 aliphatic carbocycles. The Balaban J connectivity index is 1.65. The van der Waals surface area contributed by atoms with Crippen molar-refractivity contribution in [2.45, 2.75) is 38.9 Å². The summed E-state index contributed by atoms with van der Waals surface area (Å²) in [6, 6.07) is 14.9. The molecule has 1 saturated heterocycles. The summed E-state index contributed by atoms with van der Waals surface area (Å²) in [5.41, 5.74) is 6.45. The summed E-state index contributed by atoms with van der Waals surface area (Å²) >= 11 is 0. The molecule has 2 aliphatic rings. The van der Waals surface area contributed by atoms with Gasteiger partial charge in [-0.25, -0.2) is 0 Å². The Hall–Kier alpha value is -2.17. The van der Waals surface area contributed by atoms with E-state index in [1.807, 2.05) is 6.20 Å². The Kier molecular flexibility index (Phi) is 2.85. The van der Waals surface area contributed by atoms with Crippen LogP contribution >= 0.6 is 0 Å². The van der Waals surface area contributed by atoms with Gasteiger partial charge in [-0.15, -0.1) is 0 Å². The molecule has 0 unspecified atom stereocenters. The highest BCUT2D eigenvalue weighted by atomic mass is 16.7. The van der Waals surface area contributed by atoms with Gasteiger partial charge < -0.3 is 9.31 Å². The van der Waals surface area contributed by atoms with Crippen molar-refractivity contribution in [1.29, 1.82) is 0 Å². The van der Waals surface area contributed by atoms with Gasteiger partial charge in [0.05, 0.1) is 16.7 Å². The van der Waals surface area contributed by atoms with Gasteiger partial charge in [0.15, 0.2) is 0 Å². The summed E-state index contributed by atoms with van der Waals surface area (Å²) in [6.07, 6.45) is 1.89. The first-order valence-electron chi connectivity index (χ1n) is 8.75. The van der Waals surface area contributed by atoms with Gasteiger partial charge in [-0.2, -0.15) is 0 Å². The minimum Gasteiger partial charge on any atom is -0.399 e. The fraction of sp³-hybridized carbons (Fsp3) is 0.286. The number of hydrogen-bond acceptors (Lipinski definition) is 3. The molecule has 0 N–H and O–H groups in total. The van der Waals surface area contributed by atoms with Gasteiger partial charge in [-0.05, 0) is 67.5 Å². The zero-order chi connectivity index (χ0) is 17.4. The molecular formula is C21H20BNO2. The van der Waals surface area contributed by atoms with Crippen LogP contribution in [-0.2, 0) is 9.31 Å². The fourth-order valence-electron chi connectivity index (χ4n) is 3.80. The predicted octanol–water partition coefficient (Wildman–Crippen LogP) is 4.18. The first-order valence-corrected chi connectivity index (χ1v) is 8.75. The highest BCUT2D eigenvalue weighted by Crippen LogP contribution is 2.46. The summed E-state index contributed by atoms with van der Waals surface area (Å²) in [5.74, 6) is 0. The Morgan fingerprint density at radius 2 is 1.52 bits per heavy atom. The van der Waals surface area contributed by atoms with E-state index < -0.39 is 0 Å². The third kappa shape index (κ3) is 1.98. The number of nitrogens with zero attached hydrogens (tertiary/aromatic N) is 1. The van der Waals surface area contributed by atoms with Crippen LogP contribution in [0.3, 0.4) is 0 Å². The fourth-order valence-corrected chi connectivity index (χ4v) is 3.80. The molecule has 3 nitrogen and oxygen atoms in total. The molecule has 124 valence electrons. The van der Waals surface area contributed by atoms with Gasteiger partial charge in [0, 0.05) is 11.6 Å². The average molecular weight is 329 g/mol. The van der Waals surface area contributed by atoms with E-state index in [2.05, 4.69) is 75.1 Å². The van der Waals surface area contributed by atoms with Crippen LogP contribution < -0.4 is 5.46 Å². The van der Waals surface area contributed by atoms with Crippen molar-refractivity contribution in [3.63, 3.8) is 0 Å². The molecule has 0 atom stereocenters. The molecular weight excluding hydrogens is 309 g/mol. The van der Waals surface area contributed by atoms with Crippen LogP contribution in [0, 0.1) is 0 Å². The Morgan fingerprint density at radius 1 is 0.800 bits per heavy atom. The number of rotatable bonds is 1. The highest BCUT2D eigenvalue weighted by molar-refractivity contribution is 6.62. The number of fused-ring (bicyclic) bond motifs is 3. The van der Waals surface area contributed by atoms with Crippen LogP contribution in [0.2, 0.25) is 0 Å². The molecule has 1 aliphatic heterocycles. The number of aromatic nitrogens is 1. The lowest BCUT2D eigenvalue weighted by Gasteiger charge is -2.32. The maximum atomic E-state index is 6.23. The van der Waals surface area contributed by atoms with E-state index in [1.54, 1.807) is 0 Å². The molecule has 1 aromatic heterocycles. The third-order valence-corrected chi connectivity index (χ3v) is 5.92. The smallest absolute Gasteiger partial charge is 0.399 e. The molecule has 5 rings (SSSR count). The van der Waals surface area contributed by atoms with Crippen molar-refractivity contribution < 1.29 is 9.31 Å². The molecule has 2 aromatic carbocycles. The first-order chi connectivity index (χ1) is 11.9. The van der Waals surface area contributed by atoms with Crippen LogP contribution in [0.4, 0.5) is 0 Å². The number of pyridine rings is 1. The second-order valence-electron chi connectivity index (χ2n) is 7.95. The van der Waals surface area contributed by atoms with E-state index in [0.29, 0.717) is 0 Å². The van der Waals surface area contributed by atoms with Crippen LogP contribution in [0.25, 0.3) is 33.2 Å². The van der Waals surface area contributed by atoms with Gasteiger partial charge in [-0.3, -0.25) is 4.98 Å². The SMILES string of the molecule is CC1(C)OB(c2ccc3c(c2)-c2ccnc4cccc-3c24)OC1(C)C. The van der Waals surface area contributed by atoms with Gasteiger partial charge in [0.2, 0.25) is 0 Å². The third-order valence-electron chi connectivity index (χ3n) is 5.92. The maximum absolute atomic E-state index is 6.23. The second-order valence-corrected chi connectivity index (χ2v) is 7.95. The lowest BCUT2D eigenvalue weighted by molar-refractivity contribution is 0.00578. The molecule has 2 heterocycles. The van der Waals surface area contributed by atoms with Crippen LogP contribution in [0.1, 0.15) is 27.7 Å².